The molecule has 0 aliphatic carbocycles. The number of aryl methyl sites for hydroxylation is 2. The molecule has 4 nitrogen and oxygen atoms in total. The largest absolute Gasteiger partial charge is 0.486 e. The molecule has 1 fully saturated rings. The van der Waals surface area contributed by atoms with Crippen LogP contribution in [0.5, 0.6) is 5.75 Å². The van der Waals surface area contributed by atoms with Gasteiger partial charge in [-0.15, -0.1) is 0 Å². The lowest BCUT2D eigenvalue weighted by atomic mass is 10.2. The Balaban J connectivity index is 1.48. The van der Waals surface area contributed by atoms with Crippen LogP contribution in [0.15, 0.2) is 82.7 Å². The Labute approximate surface area is 267 Å². The molecule has 0 aromatic heterocycles. The van der Waals surface area contributed by atoms with Crippen LogP contribution in [0.2, 0.25) is 25.1 Å². The minimum absolute atomic E-state index is 0.199. The van der Waals surface area contributed by atoms with Crippen molar-refractivity contribution in [3.8, 4) is 5.75 Å². The molecule has 0 bridgehead atoms. The van der Waals surface area contributed by atoms with Gasteiger partial charge >= 0.3 is 0 Å². The van der Waals surface area contributed by atoms with Gasteiger partial charge in [0.25, 0.3) is 5.91 Å². The molecule has 10 heteroatoms. The Morgan fingerprint density at radius 1 is 0.805 bits per heavy atom. The molecule has 0 unspecified atom stereocenters. The number of rotatable bonds is 6. The Bertz CT molecular complexity index is 1710. The number of anilines is 1. The van der Waals surface area contributed by atoms with Crippen LogP contribution in [0.4, 0.5) is 11.4 Å². The van der Waals surface area contributed by atoms with E-state index < -0.39 is 0 Å². The van der Waals surface area contributed by atoms with Gasteiger partial charge in [0, 0.05) is 20.6 Å². The molecule has 0 N–H and O–H groups in total. The van der Waals surface area contributed by atoms with E-state index in [1.54, 1.807) is 36.4 Å². The lowest BCUT2D eigenvalue weighted by Gasteiger charge is -2.16. The van der Waals surface area contributed by atoms with E-state index in [1.807, 2.05) is 56.3 Å². The molecule has 1 aliphatic heterocycles. The summed E-state index contributed by atoms with van der Waals surface area (Å²) in [6.07, 6.45) is 1.72. The van der Waals surface area contributed by atoms with Crippen LogP contribution >= 0.6 is 69.8 Å². The van der Waals surface area contributed by atoms with Crippen molar-refractivity contribution >= 4 is 98.3 Å². The maximum Gasteiger partial charge on any atom is 0.271 e. The highest BCUT2D eigenvalue weighted by Crippen LogP contribution is 2.41. The Kier molecular flexibility index (Phi) is 9.24. The maximum atomic E-state index is 13.7. The van der Waals surface area contributed by atoms with Gasteiger partial charge in [-0.2, -0.15) is 0 Å². The number of aliphatic imine (C=N–C) groups is 1. The van der Waals surface area contributed by atoms with Crippen LogP contribution in [0.3, 0.4) is 0 Å². The molecule has 4 aromatic carbocycles. The second-order valence-corrected chi connectivity index (χ2v) is 12.3. The summed E-state index contributed by atoms with van der Waals surface area (Å²) < 4.78 is 5.89. The standard InChI is InChI=1S/C31H21Cl5N2O2S/c1-17-7-9-21(14-24(17)33)37-31-38(22-10-8-18(2)25(34)15-22)30(39)28(41-31)13-19-11-26(35)29(27(36)12-19)40-16-20-5-3-4-6-23(20)32/h3-15H,16H2,1-2H3/b28-13+,37-31?. The van der Waals surface area contributed by atoms with Gasteiger partial charge in [0.2, 0.25) is 0 Å². The first-order valence-electron chi connectivity index (χ1n) is 12.3. The fraction of sp³-hybridized carbons (Fsp3) is 0.0968. The fourth-order valence-corrected chi connectivity index (χ4v) is 6.13. The Morgan fingerprint density at radius 3 is 2.12 bits per heavy atom. The van der Waals surface area contributed by atoms with E-state index in [9.17, 15) is 4.79 Å². The van der Waals surface area contributed by atoms with E-state index in [0.717, 1.165) is 16.7 Å². The molecule has 1 heterocycles. The summed E-state index contributed by atoms with van der Waals surface area (Å²) in [6, 6.07) is 21.7. The summed E-state index contributed by atoms with van der Waals surface area (Å²) >= 11 is 33.3. The smallest absolute Gasteiger partial charge is 0.271 e. The van der Waals surface area contributed by atoms with Crippen molar-refractivity contribution in [3.63, 3.8) is 0 Å². The SMILES string of the molecule is Cc1ccc(N=C2S/C(=C/c3cc(Cl)c(OCc4ccccc4Cl)c(Cl)c3)C(=O)N2c2ccc(C)c(Cl)c2)cc1Cl. The van der Waals surface area contributed by atoms with Gasteiger partial charge in [-0.25, -0.2) is 4.99 Å². The van der Waals surface area contributed by atoms with Crippen molar-refractivity contribution in [2.24, 2.45) is 4.99 Å². The fourth-order valence-electron chi connectivity index (χ4n) is 3.98. The molecule has 41 heavy (non-hydrogen) atoms. The van der Waals surface area contributed by atoms with Crippen molar-refractivity contribution in [3.05, 3.63) is 125 Å². The number of amides is 1. The first kappa shape index (κ1) is 29.8. The summed E-state index contributed by atoms with van der Waals surface area (Å²) in [5.74, 6) is 0.0633. The van der Waals surface area contributed by atoms with Gasteiger partial charge in [-0.3, -0.25) is 9.69 Å². The quantitative estimate of drug-likeness (QED) is 0.193. The van der Waals surface area contributed by atoms with E-state index in [2.05, 4.69) is 0 Å². The number of amidine groups is 1. The molecule has 0 radical (unpaired) electrons. The van der Waals surface area contributed by atoms with E-state index in [-0.39, 0.29) is 12.5 Å². The van der Waals surface area contributed by atoms with Gasteiger partial charge < -0.3 is 4.74 Å². The number of hydrogen-bond acceptors (Lipinski definition) is 4. The van der Waals surface area contributed by atoms with E-state index >= 15 is 0 Å². The molecule has 1 saturated heterocycles. The summed E-state index contributed by atoms with van der Waals surface area (Å²) in [7, 11) is 0. The number of carbonyl (C=O) groups is 1. The molecule has 0 atom stereocenters. The minimum Gasteiger partial charge on any atom is -0.486 e. The second kappa shape index (κ2) is 12.7. The number of nitrogens with zero attached hydrogens (tertiary/aromatic N) is 2. The summed E-state index contributed by atoms with van der Waals surface area (Å²) in [6.45, 7) is 4.01. The normalized spacial score (nSPS) is 15.3. The van der Waals surface area contributed by atoms with Gasteiger partial charge in [-0.05, 0) is 90.8 Å². The zero-order chi connectivity index (χ0) is 29.3. The molecular formula is C31H21Cl5N2O2S. The third-order valence-corrected chi connectivity index (χ3v) is 8.96. The monoisotopic (exact) mass is 660 g/mol. The van der Waals surface area contributed by atoms with E-state index in [1.165, 1.54) is 16.7 Å². The molecule has 208 valence electrons. The van der Waals surface area contributed by atoms with E-state index in [0.29, 0.717) is 57.9 Å². The number of thioether (sulfide) groups is 1. The number of halogens is 5. The molecular weight excluding hydrogens is 642 g/mol. The molecule has 0 spiro atoms. The van der Waals surface area contributed by atoms with Crippen LogP contribution in [-0.2, 0) is 11.4 Å². The number of benzene rings is 4. The number of hydrogen-bond donors (Lipinski definition) is 0. The summed E-state index contributed by atoms with van der Waals surface area (Å²) in [5.41, 5.74) is 4.47. The first-order valence-corrected chi connectivity index (χ1v) is 15.0. The average molecular weight is 663 g/mol. The molecule has 1 amide bonds. The van der Waals surface area contributed by atoms with Crippen molar-refractivity contribution in [2.75, 3.05) is 4.90 Å². The second-order valence-electron chi connectivity index (χ2n) is 9.21. The third kappa shape index (κ3) is 6.72. The van der Waals surface area contributed by atoms with Gasteiger partial charge in [0.05, 0.1) is 26.3 Å². The van der Waals surface area contributed by atoms with Crippen molar-refractivity contribution < 1.29 is 9.53 Å². The highest BCUT2D eigenvalue weighted by molar-refractivity contribution is 8.19. The van der Waals surface area contributed by atoms with Crippen molar-refractivity contribution in [1.82, 2.24) is 0 Å². The first-order chi connectivity index (χ1) is 19.6. The molecule has 4 aromatic rings. The molecule has 5 rings (SSSR count). The Morgan fingerprint density at radius 2 is 1.46 bits per heavy atom. The lowest BCUT2D eigenvalue weighted by molar-refractivity contribution is -0.113. The predicted molar refractivity (Wildman–Crippen MR) is 175 cm³/mol. The molecule has 0 saturated carbocycles. The van der Waals surface area contributed by atoms with Gasteiger partial charge in [0.15, 0.2) is 10.9 Å². The van der Waals surface area contributed by atoms with Gasteiger partial charge in [0.1, 0.15) is 6.61 Å². The third-order valence-electron chi connectivity index (χ3n) is 6.25. The zero-order valence-electron chi connectivity index (χ0n) is 21.7. The zero-order valence-corrected chi connectivity index (χ0v) is 26.3. The summed E-state index contributed by atoms with van der Waals surface area (Å²) in [5, 5.41) is 2.78. The van der Waals surface area contributed by atoms with Crippen molar-refractivity contribution in [1.29, 1.82) is 0 Å². The summed E-state index contributed by atoms with van der Waals surface area (Å²) in [4.78, 5) is 20.4. The predicted octanol–water partition coefficient (Wildman–Crippen LogP) is 11.0. The number of carbonyl (C=O) groups excluding carboxylic acids is 1. The average Bonchev–Trinajstić information content (AvgIpc) is 3.22. The van der Waals surface area contributed by atoms with Gasteiger partial charge in [-0.1, -0.05) is 88.3 Å². The van der Waals surface area contributed by atoms with Crippen molar-refractivity contribution in [2.45, 2.75) is 20.5 Å². The van der Waals surface area contributed by atoms with Crippen LogP contribution in [0.1, 0.15) is 22.3 Å². The van der Waals surface area contributed by atoms with Crippen LogP contribution in [0, 0.1) is 13.8 Å². The minimum atomic E-state index is -0.266. The highest BCUT2D eigenvalue weighted by atomic mass is 35.5. The van der Waals surface area contributed by atoms with Crippen LogP contribution in [0.25, 0.3) is 6.08 Å². The molecule has 1 aliphatic rings. The van der Waals surface area contributed by atoms with E-state index in [4.69, 9.17) is 67.7 Å². The van der Waals surface area contributed by atoms with Crippen LogP contribution < -0.4 is 9.64 Å². The highest BCUT2D eigenvalue weighted by Gasteiger charge is 2.35. The number of ether oxygens (including phenoxy) is 1. The maximum absolute atomic E-state index is 13.7. The topological polar surface area (TPSA) is 41.9 Å². The Hall–Kier alpha value is -2.64. The van der Waals surface area contributed by atoms with Crippen LogP contribution in [-0.4, -0.2) is 11.1 Å². The lowest BCUT2D eigenvalue weighted by Crippen LogP contribution is -2.28.